The third kappa shape index (κ3) is 4.57. The molecule has 0 aliphatic carbocycles. The monoisotopic (exact) mass is 472 g/mol. The average Bonchev–Trinajstić information content (AvgIpc) is 3.02. The van der Waals surface area contributed by atoms with Crippen LogP contribution in [0.5, 0.6) is 11.5 Å². The van der Waals surface area contributed by atoms with Gasteiger partial charge in [-0.25, -0.2) is 0 Å². The standard InChI is InChI=1S/C26H33ClN2O4/c1-15-16(2)23(33-17(3)25(28)30)10-5-18(15)14-29-20-7-8-21(29)13-26(31,12-20)19-6-9-22(27)24(11-19)32-4/h5-6,9-11,17,20-21,31H,7-8,12-14H2,1-4H3,(H2,28,30). The van der Waals surface area contributed by atoms with E-state index in [2.05, 4.69) is 17.9 Å². The molecule has 0 spiro atoms. The number of hydrogen-bond acceptors (Lipinski definition) is 5. The van der Waals surface area contributed by atoms with Crippen molar-refractivity contribution in [2.75, 3.05) is 7.11 Å². The number of carbonyl (C=O) groups excluding carboxylic acids is 1. The molecular formula is C26H33ClN2O4. The predicted molar refractivity (Wildman–Crippen MR) is 129 cm³/mol. The largest absolute Gasteiger partial charge is 0.495 e. The van der Waals surface area contributed by atoms with Crippen LogP contribution < -0.4 is 15.2 Å². The predicted octanol–water partition coefficient (Wildman–Crippen LogP) is 4.23. The Balaban J connectivity index is 1.52. The summed E-state index contributed by atoms with van der Waals surface area (Å²) >= 11 is 6.20. The van der Waals surface area contributed by atoms with E-state index in [1.54, 1.807) is 20.1 Å². The van der Waals surface area contributed by atoms with Gasteiger partial charge in [-0.15, -0.1) is 0 Å². The van der Waals surface area contributed by atoms with Crippen LogP contribution in [0.15, 0.2) is 30.3 Å². The molecule has 2 aromatic carbocycles. The van der Waals surface area contributed by atoms with Gasteiger partial charge in [-0.05, 0) is 86.9 Å². The summed E-state index contributed by atoms with van der Waals surface area (Å²) in [6.45, 7) is 6.59. The quantitative estimate of drug-likeness (QED) is 0.629. The Labute approximate surface area is 200 Å². The molecule has 1 amide bonds. The fourth-order valence-corrected chi connectivity index (χ4v) is 5.55. The molecular weight excluding hydrogens is 440 g/mol. The molecule has 0 aromatic heterocycles. The van der Waals surface area contributed by atoms with Crippen molar-refractivity contribution < 1.29 is 19.4 Å². The van der Waals surface area contributed by atoms with E-state index in [4.69, 9.17) is 26.8 Å². The van der Waals surface area contributed by atoms with Crippen LogP contribution in [0.4, 0.5) is 0 Å². The Morgan fingerprint density at radius 2 is 1.85 bits per heavy atom. The minimum absolute atomic E-state index is 0.306. The summed E-state index contributed by atoms with van der Waals surface area (Å²) in [7, 11) is 1.59. The molecule has 178 valence electrons. The van der Waals surface area contributed by atoms with Crippen LogP contribution in [0.25, 0.3) is 0 Å². The molecule has 2 heterocycles. The van der Waals surface area contributed by atoms with Gasteiger partial charge < -0.3 is 20.3 Å². The fraction of sp³-hybridized carbons (Fsp3) is 0.500. The van der Waals surface area contributed by atoms with E-state index in [-0.39, 0.29) is 0 Å². The summed E-state index contributed by atoms with van der Waals surface area (Å²) in [5.74, 6) is 0.804. The summed E-state index contributed by atoms with van der Waals surface area (Å²) in [5, 5.41) is 12.2. The molecule has 2 bridgehead atoms. The first-order valence-corrected chi connectivity index (χ1v) is 11.9. The highest BCUT2D eigenvalue weighted by molar-refractivity contribution is 6.32. The van der Waals surface area contributed by atoms with Gasteiger partial charge in [-0.3, -0.25) is 9.69 Å². The van der Waals surface area contributed by atoms with Gasteiger partial charge in [-0.2, -0.15) is 0 Å². The summed E-state index contributed by atoms with van der Waals surface area (Å²) in [5.41, 5.74) is 8.76. The molecule has 3 atom stereocenters. The lowest BCUT2D eigenvalue weighted by Crippen LogP contribution is -2.49. The number of primary amides is 1. The number of aliphatic hydroxyl groups is 1. The second-order valence-corrected chi connectivity index (χ2v) is 9.89. The van der Waals surface area contributed by atoms with Crippen molar-refractivity contribution in [3.05, 3.63) is 57.6 Å². The van der Waals surface area contributed by atoms with E-state index in [9.17, 15) is 9.90 Å². The lowest BCUT2D eigenvalue weighted by atomic mass is 9.80. The molecule has 2 aromatic rings. The highest BCUT2D eigenvalue weighted by atomic mass is 35.5. The highest BCUT2D eigenvalue weighted by Crippen LogP contribution is 2.47. The number of piperidine rings is 1. The Morgan fingerprint density at radius 3 is 2.45 bits per heavy atom. The number of ether oxygens (including phenoxy) is 2. The van der Waals surface area contributed by atoms with Crippen LogP contribution in [0, 0.1) is 13.8 Å². The lowest BCUT2D eigenvalue weighted by Gasteiger charge is -2.44. The zero-order chi connectivity index (χ0) is 23.9. The van der Waals surface area contributed by atoms with E-state index in [0.29, 0.717) is 41.4 Å². The van der Waals surface area contributed by atoms with Crippen LogP contribution in [0.3, 0.4) is 0 Å². The molecule has 33 heavy (non-hydrogen) atoms. The Hall–Kier alpha value is -2.28. The smallest absolute Gasteiger partial charge is 0.258 e. The van der Waals surface area contributed by atoms with E-state index >= 15 is 0 Å². The highest BCUT2D eigenvalue weighted by Gasteiger charge is 2.48. The summed E-state index contributed by atoms with van der Waals surface area (Å²) in [4.78, 5) is 13.9. The third-order valence-corrected chi connectivity index (χ3v) is 7.83. The second kappa shape index (κ2) is 9.16. The molecule has 4 rings (SSSR count). The van der Waals surface area contributed by atoms with Crippen molar-refractivity contribution in [3.63, 3.8) is 0 Å². The van der Waals surface area contributed by atoms with E-state index in [1.807, 2.05) is 25.1 Å². The first-order valence-electron chi connectivity index (χ1n) is 11.5. The summed E-state index contributed by atoms with van der Waals surface area (Å²) < 4.78 is 11.1. The minimum atomic E-state index is -0.881. The van der Waals surface area contributed by atoms with Crippen molar-refractivity contribution >= 4 is 17.5 Å². The van der Waals surface area contributed by atoms with Crippen molar-refractivity contribution in [3.8, 4) is 11.5 Å². The van der Waals surface area contributed by atoms with Crippen LogP contribution in [-0.2, 0) is 16.9 Å². The fourth-order valence-electron chi connectivity index (χ4n) is 5.36. The lowest BCUT2D eigenvalue weighted by molar-refractivity contribution is -0.124. The first-order chi connectivity index (χ1) is 15.6. The third-order valence-electron chi connectivity index (χ3n) is 7.51. The zero-order valence-electron chi connectivity index (χ0n) is 19.7. The molecule has 2 fully saturated rings. The molecule has 2 aliphatic rings. The molecule has 2 saturated heterocycles. The number of halogens is 1. The maximum absolute atomic E-state index is 11.6. The molecule has 7 heteroatoms. The van der Waals surface area contributed by atoms with E-state index in [1.165, 1.54) is 5.56 Å². The normalized spacial score (nSPS) is 25.6. The Morgan fingerprint density at radius 1 is 1.18 bits per heavy atom. The summed E-state index contributed by atoms with van der Waals surface area (Å²) in [6.07, 6.45) is 2.85. The number of carbonyl (C=O) groups is 1. The van der Waals surface area contributed by atoms with Gasteiger partial charge in [0.05, 0.1) is 17.7 Å². The van der Waals surface area contributed by atoms with Crippen LogP contribution in [-0.4, -0.2) is 41.2 Å². The number of amides is 1. The first kappa shape index (κ1) is 23.9. The van der Waals surface area contributed by atoms with Crippen LogP contribution in [0.1, 0.15) is 54.9 Å². The van der Waals surface area contributed by atoms with Gasteiger partial charge in [0, 0.05) is 18.6 Å². The number of hydrogen-bond donors (Lipinski definition) is 2. The minimum Gasteiger partial charge on any atom is -0.495 e. The van der Waals surface area contributed by atoms with Crippen molar-refractivity contribution in [2.45, 2.75) is 76.8 Å². The van der Waals surface area contributed by atoms with Gasteiger partial charge in [-0.1, -0.05) is 23.7 Å². The number of benzene rings is 2. The summed E-state index contributed by atoms with van der Waals surface area (Å²) in [6, 6.07) is 10.2. The van der Waals surface area contributed by atoms with Gasteiger partial charge in [0.15, 0.2) is 6.10 Å². The Kier molecular flexibility index (Phi) is 6.63. The number of fused-ring (bicyclic) bond motifs is 2. The number of nitrogens with zero attached hydrogens (tertiary/aromatic N) is 1. The van der Waals surface area contributed by atoms with Crippen molar-refractivity contribution in [2.24, 2.45) is 5.73 Å². The number of rotatable bonds is 7. The van der Waals surface area contributed by atoms with Gasteiger partial charge in [0.2, 0.25) is 0 Å². The van der Waals surface area contributed by atoms with Crippen LogP contribution in [0.2, 0.25) is 5.02 Å². The molecule has 3 N–H and O–H groups in total. The van der Waals surface area contributed by atoms with Crippen molar-refractivity contribution in [1.29, 1.82) is 0 Å². The molecule has 3 unspecified atom stereocenters. The molecule has 0 saturated carbocycles. The average molecular weight is 473 g/mol. The van der Waals surface area contributed by atoms with E-state index in [0.717, 1.165) is 36.1 Å². The maximum Gasteiger partial charge on any atom is 0.258 e. The van der Waals surface area contributed by atoms with E-state index < -0.39 is 17.6 Å². The maximum atomic E-state index is 11.6. The van der Waals surface area contributed by atoms with Gasteiger partial charge in [0.25, 0.3) is 5.91 Å². The van der Waals surface area contributed by atoms with Gasteiger partial charge in [0.1, 0.15) is 11.5 Å². The Bertz CT molecular complexity index is 1040. The molecule has 0 radical (unpaired) electrons. The zero-order valence-corrected chi connectivity index (χ0v) is 20.5. The van der Waals surface area contributed by atoms with Crippen LogP contribution >= 0.6 is 11.6 Å². The second-order valence-electron chi connectivity index (χ2n) is 9.48. The number of nitrogens with two attached hydrogens (primary N) is 1. The topological polar surface area (TPSA) is 85.0 Å². The van der Waals surface area contributed by atoms with Crippen molar-refractivity contribution in [1.82, 2.24) is 4.90 Å². The number of methoxy groups -OCH3 is 1. The SMILES string of the molecule is COc1cc(C2(O)CC3CCC(C2)N3Cc2ccc(OC(C)C(N)=O)c(C)c2C)ccc1Cl. The molecule has 2 aliphatic heterocycles. The van der Waals surface area contributed by atoms with Gasteiger partial charge >= 0.3 is 0 Å². The molecule has 6 nitrogen and oxygen atoms in total.